The molecule has 8 heteroatoms. The molecule has 0 saturated carbocycles. The summed E-state index contributed by atoms with van der Waals surface area (Å²) in [6.45, 7) is 3.61. The summed E-state index contributed by atoms with van der Waals surface area (Å²) in [5, 5.41) is 14.3. The average Bonchev–Trinajstić information content (AvgIpc) is 3.15. The predicted molar refractivity (Wildman–Crippen MR) is 131 cm³/mol. The Morgan fingerprint density at radius 3 is 2.23 bits per heavy atom. The van der Waals surface area contributed by atoms with E-state index in [1.165, 1.54) is 6.20 Å². The number of carbonyl (C=O) groups excluding carboxylic acids is 2. The fraction of sp³-hybridized carbons (Fsp3) is 0.259. The zero-order valence-electron chi connectivity index (χ0n) is 19.6. The third kappa shape index (κ3) is 5.48. The van der Waals surface area contributed by atoms with Crippen molar-refractivity contribution >= 4 is 23.7 Å². The number of hydrogen-bond acceptors (Lipinski definition) is 5. The lowest BCUT2D eigenvalue weighted by Crippen LogP contribution is -2.44. The highest BCUT2D eigenvalue weighted by atomic mass is 16.5. The third-order valence-corrected chi connectivity index (χ3v) is 6.02. The molecule has 0 fully saturated rings. The number of anilines is 1. The highest BCUT2D eigenvalue weighted by Crippen LogP contribution is 2.44. The monoisotopic (exact) mass is 473 g/mol. The second-order valence-electron chi connectivity index (χ2n) is 9.08. The fourth-order valence-electron chi connectivity index (χ4n) is 4.28. The van der Waals surface area contributed by atoms with Crippen LogP contribution in [0.1, 0.15) is 54.2 Å². The number of aliphatic carboxylic acids is 1. The van der Waals surface area contributed by atoms with Gasteiger partial charge < -0.3 is 15.2 Å². The van der Waals surface area contributed by atoms with E-state index in [1.54, 1.807) is 26.0 Å². The maximum absolute atomic E-state index is 12.8. The highest BCUT2D eigenvalue weighted by Gasteiger charge is 2.29. The number of rotatable bonds is 8. The minimum atomic E-state index is -0.942. The van der Waals surface area contributed by atoms with Crippen LogP contribution < -0.4 is 10.6 Å². The zero-order valence-corrected chi connectivity index (χ0v) is 19.6. The van der Waals surface area contributed by atoms with Crippen molar-refractivity contribution in [1.82, 2.24) is 10.3 Å². The Hall–Kier alpha value is -4.20. The van der Waals surface area contributed by atoms with Crippen molar-refractivity contribution in [3.8, 4) is 11.1 Å². The van der Waals surface area contributed by atoms with E-state index in [0.29, 0.717) is 0 Å². The van der Waals surface area contributed by atoms with Gasteiger partial charge in [0.25, 0.3) is 5.91 Å². The number of ether oxygens (including phenoxy) is 1. The Labute approximate surface area is 203 Å². The van der Waals surface area contributed by atoms with Crippen molar-refractivity contribution in [2.24, 2.45) is 0 Å². The van der Waals surface area contributed by atoms with E-state index in [9.17, 15) is 14.4 Å². The minimum Gasteiger partial charge on any atom is -0.481 e. The molecule has 1 aliphatic carbocycles. The molecule has 3 aromatic rings. The van der Waals surface area contributed by atoms with E-state index >= 15 is 0 Å². The molecule has 0 spiro atoms. The smallest absolute Gasteiger partial charge is 0.411 e. The van der Waals surface area contributed by atoms with Gasteiger partial charge in [-0.2, -0.15) is 0 Å². The molecule has 3 N–H and O–H groups in total. The van der Waals surface area contributed by atoms with Crippen LogP contribution in [0.2, 0.25) is 0 Å². The van der Waals surface area contributed by atoms with Crippen LogP contribution >= 0.6 is 0 Å². The highest BCUT2D eigenvalue weighted by molar-refractivity contribution is 6.01. The van der Waals surface area contributed by atoms with Gasteiger partial charge in [-0.05, 0) is 54.7 Å². The molecule has 8 nitrogen and oxygen atoms in total. The standard InChI is InChI=1S/C27H27N3O5/c1-27(2,14-13-23(31)32)30-25(33)24-22(12-7-15-28-24)29-26(34)35-16-21-19-10-5-3-8-17(19)18-9-4-6-11-20(18)21/h3-12,15,21H,13-14,16H2,1-2H3,(H,29,34)(H,30,33)(H,31,32). The molecule has 1 heterocycles. The molecule has 1 aliphatic rings. The normalized spacial score (nSPS) is 12.4. The van der Waals surface area contributed by atoms with E-state index in [4.69, 9.17) is 9.84 Å². The molecule has 0 aliphatic heterocycles. The summed E-state index contributed by atoms with van der Waals surface area (Å²) in [5.41, 5.74) is 3.93. The molecule has 2 amide bonds. The van der Waals surface area contributed by atoms with Gasteiger partial charge in [-0.15, -0.1) is 0 Å². The largest absolute Gasteiger partial charge is 0.481 e. The zero-order chi connectivity index (χ0) is 25.0. The molecular formula is C27H27N3O5. The first-order valence-electron chi connectivity index (χ1n) is 11.4. The molecule has 180 valence electrons. The van der Waals surface area contributed by atoms with Gasteiger partial charge >= 0.3 is 12.1 Å². The van der Waals surface area contributed by atoms with E-state index in [0.717, 1.165) is 22.3 Å². The molecule has 2 aromatic carbocycles. The van der Waals surface area contributed by atoms with Crippen LogP contribution in [-0.2, 0) is 9.53 Å². The lowest BCUT2D eigenvalue weighted by molar-refractivity contribution is -0.137. The van der Waals surface area contributed by atoms with Crippen LogP contribution in [0.15, 0.2) is 66.9 Å². The number of amides is 2. The van der Waals surface area contributed by atoms with Gasteiger partial charge in [0.1, 0.15) is 6.61 Å². The molecular weight excluding hydrogens is 446 g/mol. The summed E-state index contributed by atoms with van der Waals surface area (Å²) >= 11 is 0. The number of nitrogens with zero attached hydrogens (tertiary/aromatic N) is 1. The summed E-state index contributed by atoms with van der Waals surface area (Å²) in [7, 11) is 0. The van der Waals surface area contributed by atoms with Gasteiger partial charge in [0.2, 0.25) is 0 Å². The van der Waals surface area contributed by atoms with Crippen molar-refractivity contribution in [3.63, 3.8) is 0 Å². The van der Waals surface area contributed by atoms with E-state index in [1.807, 2.05) is 36.4 Å². The fourth-order valence-corrected chi connectivity index (χ4v) is 4.28. The summed E-state index contributed by atoms with van der Waals surface area (Å²) in [5.74, 6) is -1.54. The van der Waals surface area contributed by atoms with Crippen LogP contribution in [0.4, 0.5) is 10.5 Å². The van der Waals surface area contributed by atoms with Gasteiger partial charge in [-0.25, -0.2) is 9.78 Å². The van der Waals surface area contributed by atoms with Gasteiger partial charge in [0.15, 0.2) is 5.69 Å². The molecule has 4 rings (SSSR count). The maximum atomic E-state index is 12.8. The first-order valence-corrected chi connectivity index (χ1v) is 11.4. The molecule has 0 saturated heterocycles. The Kier molecular flexibility index (Phi) is 6.82. The Balaban J connectivity index is 1.43. The van der Waals surface area contributed by atoms with Crippen LogP contribution in [-0.4, -0.2) is 40.2 Å². The van der Waals surface area contributed by atoms with Crippen LogP contribution in [0.5, 0.6) is 0 Å². The number of pyridine rings is 1. The number of benzene rings is 2. The Morgan fingerprint density at radius 1 is 0.971 bits per heavy atom. The number of carbonyl (C=O) groups is 3. The first-order chi connectivity index (χ1) is 16.7. The van der Waals surface area contributed by atoms with Crippen molar-refractivity contribution in [2.75, 3.05) is 11.9 Å². The first kappa shape index (κ1) is 23.9. The lowest BCUT2D eigenvalue weighted by atomic mass is 9.98. The second kappa shape index (κ2) is 9.97. The number of carboxylic acids is 1. The molecule has 35 heavy (non-hydrogen) atoms. The molecule has 0 radical (unpaired) electrons. The van der Waals surface area contributed by atoms with Crippen LogP contribution in [0.25, 0.3) is 11.1 Å². The third-order valence-electron chi connectivity index (χ3n) is 6.02. The summed E-state index contributed by atoms with van der Waals surface area (Å²) < 4.78 is 5.57. The SMILES string of the molecule is CC(C)(CCC(=O)O)NC(=O)c1ncccc1NC(=O)OCC1c2ccccc2-c2ccccc21. The second-order valence-corrected chi connectivity index (χ2v) is 9.08. The number of fused-ring (bicyclic) bond motifs is 3. The Bertz CT molecular complexity index is 1230. The lowest BCUT2D eigenvalue weighted by Gasteiger charge is -2.25. The van der Waals surface area contributed by atoms with Gasteiger partial charge in [0, 0.05) is 24.1 Å². The number of aromatic nitrogens is 1. The number of hydrogen-bond donors (Lipinski definition) is 3. The van der Waals surface area contributed by atoms with Crippen molar-refractivity contribution in [1.29, 1.82) is 0 Å². The number of carboxylic acid groups (broad SMARTS) is 1. The molecule has 0 atom stereocenters. The minimum absolute atomic E-state index is 0.0180. The maximum Gasteiger partial charge on any atom is 0.411 e. The topological polar surface area (TPSA) is 118 Å². The predicted octanol–water partition coefficient (Wildman–Crippen LogP) is 4.82. The van der Waals surface area contributed by atoms with E-state index < -0.39 is 23.5 Å². The Morgan fingerprint density at radius 2 is 1.60 bits per heavy atom. The van der Waals surface area contributed by atoms with Crippen LogP contribution in [0.3, 0.4) is 0 Å². The van der Waals surface area contributed by atoms with Gasteiger partial charge in [-0.3, -0.25) is 14.9 Å². The van der Waals surface area contributed by atoms with E-state index in [-0.39, 0.29) is 36.7 Å². The number of nitrogens with one attached hydrogen (secondary N) is 2. The van der Waals surface area contributed by atoms with Crippen molar-refractivity contribution in [2.45, 2.75) is 38.1 Å². The van der Waals surface area contributed by atoms with Crippen molar-refractivity contribution in [3.05, 3.63) is 83.7 Å². The summed E-state index contributed by atoms with van der Waals surface area (Å²) in [6.07, 6.45) is 0.914. The molecule has 0 unspecified atom stereocenters. The van der Waals surface area contributed by atoms with Crippen LogP contribution in [0, 0.1) is 0 Å². The van der Waals surface area contributed by atoms with Gasteiger partial charge in [-0.1, -0.05) is 48.5 Å². The van der Waals surface area contributed by atoms with Crippen molar-refractivity contribution < 1.29 is 24.2 Å². The molecule has 1 aromatic heterocycles. The average molecular weight is 474 g/mol. The molecule has 0 bridgehead atoms. The summed E-state index contributed by atoms with van der Waals surface area (Å²) in [4.78, 5) is 40.5. The summed E-state index contributed by atoms with van der Waals surface area (Å²) in [6, 6.07) is 19.3. The quantitative estimate of drug-likeness (QED) is 0.432. The van der Waals surface area contributed by atoms with Gasteiger partial charge in [0.05, 0.1) is 5.69 Å². The van der Waals surface area contributed by atoms with E-state index in [2.05, 4.69) is 27.8 Å².